The molecule has 4 rings (SSSR count). The van der Waals surface area contributed by atoms with Gasteiger partial charge in [0.1, 0.15) is 5.69 Å². The molecular formula is C18H17N5O4. The molecule has 2 heterocycles. The molecule has 1 N–H and O–H groups in total. The van der Waals surface area contributed by atoms with Crippen LogP contribution in [0.25, 0.3) is 0 Å². The van der Waals surface area contributed by atoms with Crippen LogP contribution in [0.15, 0.2) is 41.5 Å². The van der Waals surface area contributed by atoms with Crippen molar-refractivity contribution in [1.82, 2.24) is 0 Å². The Morgan fingerprint density at radius 3 is 2.74 bits per heavy atom. The number of para-hydroxylation sites is 1. The van der Waals surface area contributed by atoms with Gasteiger partial charge in [-0.15, -0.1) is 0 Å². The smallest absolute Gasteiger partial charge is 0.301 e. The van der Waals surface area contributed by atoms with Gasteiger partial charge >= 0.3 is 5.69 Å². The Hall–Kier alpha value is -3.49. The summed E-state index contributed by atoms with van der Waals surface area (Å²) in [6, 6.07) is 10.0. The van der Waals surface area contributed by atoms with Gasteiger partial charge in [0.15, 0.2) is 0 Å². The number of non-ortho nitro benzene ring substituents is 1. The molecule has 2 aliphatic heterocycles. The maximum absolute atomic E-state index is 11.3. The standard InChI is InChI=1S/C18H17N5O4/c1-11-9-12-3-2-4-14-15(7-8-21(11)18(12)14)19-20-16-6-5-13(22(24)25)10-17(16)23(26)27/h2-6,10-11,20H,7-9H2,1H3/b19-15+. The molecule has 0 spiro atoms. The molecule has 2 aromatic rings. The van der Waals surface area contributed by atoms with E-state index in [-0.39, 0.29) is 17.1 Å². The topological polar surface area (TPSA) is 114 Å². The van der Waals surface area contributed by atoms with E-state index in [2.05, 4.69) is 28.4 Å². The fraction of sp³-hybridized carbons (Fsp3) is 0.278. The Morgan fingerprint density at radius 2 is 2.00 bits per heavy atom. The van der Waals surface area contributed by atoms with Gasteiger partial charge in [-0.2, -0.15) is 5.10 Å². The van der Waals surface area contributed by atoms with Crippen molar-refractivity contribution in [3.05, 3.63) is 67.8 Å². The molecule has 0 amide bonds. The summed E-state index contributed by atoms with van der Waals surface area (Å²) in [5, 5.41) is 26.5. The van der Waals surface area contributed by atoms with Gasteiger partial charge < -0.3 is 4.90 Å². The summed E-state index contributed by atoms with van der Waals surface area (Å²) in [4.78, 5) is 23.2. The van der Waals surface area contributed by atoms with Crippen LogP contribution in [0.2, 0.25) is 0 Å². The first-order valence-corrected chi connectivity index (χ1v) is 8.60. The maximum Gasteiger partial charge on any atom is 0.301 e. The van der Waals surface area contributed by atoms with Crippen LogP contribution in [0.4, 0.5) is 22.7 Å². The Bertz CT molecular complexity index is 988. The molecule has 9 heteroatoms. The fourth-order valence-electron chi connectivity index (χ4n) is 3.79. The SMILES string of the molecule is CC1Cc2cccc3c2N1CC/C3=N\Nc1ccc([N+](=O)[O-])cc1[N+](=O)[O-]. The summed E-state index contributed by atoms with van der Waals surface area (Å²) in [6.07, 6.45) is 1.71. The van der Waals surface area contributed by atoms with Gasteiger partial charge in [0.05, 0.1) is 21.6 Å². The second-order valence-corrected chi connectivity index (χ2v) is 6.70. The summed E-state index contributed by atoms with van der Waals surface area (Å²) in [5.74, 6) is 0. The van der Waals surface area contributed by atoms with E-state index in [0.717, 1.165) is 30.3 Å². The molecule has 0 aliphatic carbocycles. The van der Waals surface area contributed by atoms with Crippen LogP contribution in [0, 0.1) is 20.2 Å². The second kappa shape index (κ2) is 6.35. The van der Waals surface area contributed by atoms with Crippen LogP contribution in [-0.4, -0.2) is 28.1 Å². The van der Waals surface area contributed by atoms with E-state index >= 15 is 0 Å². The van der Waals surface area contributed by atoms with Crippen LogP contribution >= 0.6 is 0 Å². The normalized spacial score (nSPS) is 19.1. The van der Waals surface area contributed by atoms with Crippen molar-refractivity contribution < 1.29 is 9.85 Å². The van der Waals surface area contributed by atoms with E-state index in [1.165, 1.54) is 23.4 Å². The summed E-state index contributed by atoms with van der Waals surface area (Å²) >= 11 is 0. The molecule has 0 saturated heterocycles. The number of hydrogen-bond donors (Lipinski definition) is 1. The highest BCUT2D eigenvalue weighted by atomic mass is 16.6. The van der Waals surface area contributed by atoms with Crippen molar-refractivity contribution in [2.24, 2.45) is 5.10 Å². The Balaban J connectivity index is 1.68. The predicted molar refractivity (Wildman–Crippen MR) is 101 cm³/mol. The number of nitrogens with one attached hydrogen (secondary N) is 1. The van der Waals surface area contributed by atoms with Crippen molar-refractivity contribution in [1.29, 1.82) is 0 Å². The van der Waals surface area contributed by atoms with E-state index in [0.29, 0.717) is 12.5 Å². The zero-order chi connectivity index (χ0) is 19.1. The molecule has 2 aliphatic rings. The number of anilines is 2. The molecule has 0 aromatic heterocycles. The Morgan fingerprint density at radius 1 is 1.19 bits per heavy atom. The number of hydrogen-bond acceptors (Lipinski definition) is 7. The predicted octanol–water partition coefficient (Wildman–Crippen LogP) is 3.47. The van der Waals surface area contributed by atoms with E-state index in [1.807, 2.05) is 12.1 Å². The van der Waals surface area contributed by atoms with Gasteiger partial charge in [0.25, 0.3) is 5.69 Å². The van der Waals surface area contributed by atoms with Gasteiger partial charge in [0, 0.05) is 36.3 Å². The van der Waals surface area contributed by atoms with Gasteiger partial charge in [0.2, 0.25) is 0 Å². The molecule has 9 nitrogen and oxygen atoms in total. The van der Waals surface area contributed by atoms with Crippen molar-refractivity contribution in [3.63, 3.8) is 0 Å². The molecular weight excluding hydrogens is 350 g/mol. The highest BCUT2D eigenvalue weighted by molar-refractivity contribution is 6.08. The largest absolute Gasteiger partial charge is 0.367 e. The lowest BCUT2D eigenvalue weighted by Crippen LogP contribution is -2.35. The minimum atomic E-state index is -0.660. The quantitative estimate of drug-likeness (QED) is 0.654. The number of benzene rings is 2. The third-order valence-corrected chi connectivity index (χ3v) is 5.05. The number of nitro benzene ring substituents is 2. The summed E-state index contributed by atoms with van der Waals surface area (Å²) in [5.41, 5.74) is 6.49. The van der Waals surface area contributed by atoms with Crippen molar-refractivity contribution in [3.8, 4) is 0 Å². The molecule has 1 atom stereocenters. The average molecular weight is 367 g/mol. The number of hydrazone groups is 1. The molecule has 2 aromatic carbocycles. The molecule has 0 radical (unpaired) electrons. The van der Waals surface area contributed by atoms with Gasteiger partial charge in [-0.1, -0.05) is 18.2 Å². The third kappa shape index (κ3) is 2.86. The van der Waals surface area contributed by atoms with Crippen molar-refractivity contribution in [2.75, 3.05) is 16.9 Å². The first kappa shape index (κ1) is 17.0. The van der Waals surface area contributed by atoms with Crippen molar-refractivity contribution in [2.45, 2.75) is 25.8 Å². The minimum absolute atomic E-state index is 0.126. The average Bonchev–Trinajstić information content (AvgIpc) is 2.98. The van der Waals surface area contributed by atoms with E-state index in [1.54, 1.807) is 0 Å². The number of rotatable bonds is 4. The molecule has 138 valence electrons. The lowest BCUT2D eigenvalue weighted by atomic mass is 9.98. The van der Waals surface area contributed by atoms with Gasteiger partial charge in [-0.05, 0) is 25.0 Å². The Labute approximate surface area is 154 Å². The van der Waals surface area contributed by atoms with Gasteiger partial charge in [-0.25, -0.2) is 0 Å². The molecule has 0 bridgehead atoms. The number of nitro groups is 2. The first-order chi connectivity index (χ1) is 13.0. The minimum Gasteiger partial charge on any atom is -0.367 e. The first-order valence-electron chi connectivity index (χ1n) is 8.60. The van der Waals surface area contributed by atoms with Crippen LogP contribution in [-0.2, 0) is 6.42 Å². The van der Waals surface area contributed by atoms with E-state index in [4.69, 9.17) is 0 Å². The second-order valence-electron chi connectivity index (χ2n) is 6.70. The van der Waals surface area contributed by atoms with E-state index < -0.39 is 9.85 Å². The van der Waals surface area contributed by atoms with Crippen LogP contribution in [0.5, 0.6) is 0 Å². The highest BCUT2D eigenvalue weighted by Gasteiger charge is 2.33. The van der Waals surface area contributed by atoms with Crippen LogP contribution in [0.1, 0.15) is 24.5 Å². The number of nitrogens with zero attached hydrogens (tertiary/aromatic N) is 4. The molecule has 0 saturated carbocycles. The lowest BCUT2D eigenvalue weighted by molar-refractivity contribution is -0.393. The van der Waals surface area contributed by atoms with Crippen molar-refractivity contribution >= 4 is 28.5 Å². The maximum atomic E-state index is 11.3. The van der Waals surface area contributed by atoms with Crippen LogP contribution < -0.4 is 10.3 Å². The van der Waals surface area contributed by atoms with E-state index in [9.17, 15) is 20.2 Å². The zero-order valence-corrected chi connectivity index (χ0v) is 14.6. The summed E-state index contributed by atoms with van der Waals surface area (Å²) in [6.45, 7) is 3.04. The molecule has 27 heavy (non-hydrogen) atoms. The van der Waals surface area contributed by atoms with Gasteiger partial charge in [-0.3, -0.25) is 25.7 Å². The summed E-state index contributed by atoms with van der Waals surface area (Å²) in [7, 11) is 0. The van der Waals surface area contributed by atoms with Crippen LogP contribution in [0.3, 0.4) is 0 Å². The highest BCUT2D eigenvalue weighted by Crippen LogP contribution is 2.39. The fourth-order valence-corrected chi connectivity index (χ4v) is 3.79. The Kier molecular flexibility index (Phi) is 3.98. The monoisotopic (exact) mass is 367 g/mol. The third-order valence-electron chi connectivity index (χ3n) is 5.05. The zero-order valence-electron chi connectivity index (χ0n) is 14.6. The molecule has 1 unspecified atom stereocenters. The molecule has 0 fully saturated rings. The lowest BCUT2D eigenvalue weighted by Gasteiger charge is -2.31. The summed E-state index contributed by atoms with van der Waals surface area (Å²) < 4.78 is 0.